The van der Waals surface area contributed by atoms with E-state index in [1.165, 1.54) is 23.7 Å². The van der Waals surface area contributed by atoms with Crippen molar-refractivity contribution < 1.29 is 8.42 Å². The van der Waals surface area contributed by atoms with Crippen molar-refractivity contribution in [2.75, 3.05) is 17.2 Å². The first-order valence-corrected chi connectivity index (χ1v) is 8.56. The second-order valence-electron chi connectivity index (χ2n) is 4.79. The minimum atomic E-state index is -3.59. The van der Waals surface area contributed by atoms with E-state index in [4.69, 9.17) is 11.6 Å². The van der Waals surface area contributed by atoms with Crippen LogP contribution in [0.1, 0.15) is 12.0 Å². The van der Waals surface area contributed by atoms with Crippen LogP contribution in [0, 0.1) is 6.92 Å². The first-order chi connectivity index (χ1) is 9.95. The van der Waals surface area contributed by atoms with Gasteiger partial charge in [-0.1, -0.05) is 17.7 Å². The van der Waals surface area contributed by atoms with Crippen molar-refractivity contribution in [3.63, 3.8) is 0 Å². The van der Waals surface area contributed by atoms with Crippen molar-refractivity contribution in [2.45, 2.75) is 24.8 Å². The Kier molecular flexibility index (Phi) is 4.90. The minimum Gasteiger partial charge on any atom is -0.271 e. The zero-order chi connectivity index (χ0) is 15.5. The van der Waals surface area contributed by atoms with Crippen LogP contribution in [0.3, 0.4) is 0 Å². The van der Waals surface area contributed by atoms with Gasteiger partial charge in [0.2, 0.25) is 0 Å². The lowest BCUT2D eigenvalue weighted by Crippen LogP contribution is -2.26. The molecular formula is C14H18ClN3O2S. The molecule has 2 aromatic rings. The highest BCUT2D eigenvalue weighted by Gasteiger charge is 2.23. The fourth-order valence-electron chi connectivity index (χ4n) is 1.87. The van der Waals surface area contributed by atoms with Crippen LogP contribution in [0.4, 0.5) is 5.69 Å². The highest BCUT2D eigenvalue weighted by Crippen LogP contribution is 2.21. The Balaban J connectivity index is 2.24. The SMILES string of the molecule is Cc1ccc(N(C)S(=O)(=O)c2cnn(CCCCl)c2)cc1. The monoisotopic (exact) mass is 327 g/mol. The van der Waals surface area contributed by atoms with Crippen LogP contribution in [0.15, 0.2) is 41.6 Å². The maximum absolute atomic E-state index is 12.6. The number of nitrogens with zero attached hydrogens (tertiary/aromatic N) is 3. The number of hydrogen-bond donors (Lipinski definition) is 0. The Morgan fingerprint density at radius 1 is 1.29 bits per heavy atom. The fourth-order valence-corrected chi connectivity index (χ4v) is 3.14. The number of alkyl halides is 1. The molecule has 0 bridgehead atoms. The van der Waals surface area contributed by atoms with Gasteiger partial charge in [0, 0.05) is 25.7 Å². The van der Waals surface area contributed by atoms with E-state index in [1.807, 2.05) is 19.1 Å². The van der Waals surface area contributed by atoms with E-state index in [9.17, 15) is 8.42 Å². The fraction of sp³-hybridized carbons (Fsp3) is 0.357. The van der Waals surface area contributed by atoms with Gasteiger partial charge in [0.25, 0.3) is 10.0 Å². The van der Waals surface area contributed by atoms with Gasteiger partial charge in [-0.15, -0.1) is 11.6 Å². The van der Waals surface area contributed by atoms with E-state index in [0.29, 0.717) is 18.1 Å². The van der Waals surface area contributed by atoms with Gasteiger partial charge in [-0.2, -0.15) is 5.10 Å². The predicted molar refractivity (Wildman–Crippen MR) is 84.3 cm³/mol. The second-order valence-corrected chi connectivity index (χ2v) is 7.14. The molecule has 0 aliphatic rings. The number of benzene rings is 1. The Labute approximate surface area is 130 Å². The number of aromatic nitrogens is 2. The molecule has 0 aliphatic heterocycles. The highest BCUT2D eigenvalue weighted by atomic mass is 35.5. The lowest BCUT2D eigenvalue weighted by atomic mass is 10.2. The summed E-state index contributed by atoms with van der Waals surface area (Å²) in [6.07, 6.45) is 3.65. The van der Waals surface area contributed by atoms with Gasteiger partial charge in [0.1, 0.15) is 4.90 Å². The summed E-state index contributed by atoms with van der Waals surface area (Å²) in [5.74, 6) is 0.519. The van der Waals surface area contributed by atoms with Crippen LogP contribution in [0.5, 0.6) is 0 Å². The molecule has 0 atom stereocenters. The number of halogens is 1. The van der Waals surface area contributed by atoms with Crippen molar-refractivity contribution >= 4 is 27.3 Å². The average Bonchev–Trinajstić information content (AvgIpc) is 2.94. The molecule has 114 valence electrons. The Morgan fingerprint density at radius 2 is 1.95 bits per heavy atom. The lowest BCUT2D eigenvalue weighted by Gasteiger charge is -2.18. The minimum absolute atomic E-state index is 0.181. The van der Waals surface area contributed by atoms with Gasteiger partial charge in [0.15, 0.2) is 0 Å². The summed E-state index contributed by atoms with van der Waals surface area (Å²) >= 11 is 5.62. The lowest BCUT2D eigenvalue weighted by molar-refractivity contribution is 0.591. The van der Waals surface area contributed by atoms with Crippen molar-refractivity contribution in [2.24, 2.45) is 0 Å². The summed E-state index contributed by atoms with van der Waals surface area (Å²) in [4.78, 5) is 0.181. The molecule has 0 saturated heterocycles. The zero-order valence-corrected chi connectivity index (χ0v) is 13.6. The van der Waals surface area contributed by atoms with Gasteiger partial charge in [-0.05, 0) is 25.5 Å². The molecule has 5 nitrogen and oxygen atoms in total. The summed E-state index contributed by atoms with van der Waals surface area (Å²) in [6.45, 7) is 2.56. The standard InChI is InChI=1S/C14H18ClN3O2S/c1-12-4-6-13(7-5-12)17(2)21(19,20)14-10-16-18(11-14)9-3-8-15/h4-7,10-11H,3,8-9H2,1-2H3. The average molecular weight is 328 g/mol. The predicted octanol–water partition coefficient (Wildman–Crippen LogP) is 2.65. The van der Waals surface area contributed by atoms with Crippen molar-refractivity contribution in [1.82, 2.24) is 9.78 Å². The van der Waals surface area contributed by atoms with Crippen LogP contribution in [0.2, 0.25) is 0 Å². The molecule has 1 heterocycles. The topological polar surface area (TPSA) is 55.2 Å². The molecule has 0 aliphatic carbocycles. The Hall–Kier alpha value is -1.53. The van der Waals surface area contributed by atoms with Crippen molar-refractivity contribution in [1.29, 1.82) is 0 Å². The van der Waals surface area contributed by atoms with Crippen LogP contribution in [-0.2, 0) is 16.6 Å². The van der Waals surface area contributed by atoms with Crippen LogP contribution in [0.25, 0.3) is 0 Å². The summed E-state index contributed by atoms with van der Waals surface area (Å²) in [5.41, 5.74) is 1.70. The molecule has 0 fully saturated rings. The van der Waals surface area contributed by atoms with Gasteiger partial charge < -0.3 is 0 Å². The van der Waals surface area contributed by atoms with Crippen LogP contribution in [-0.4, -0.2) is 31.1 Å². The third kappa shape index (κ3) is 3.57. The van der Waals surface area contributed by atoms with Gasteiger partial charge in [0.05, 0.1) is 11.9 Å². The second kappa shape index (κ2) is 6.49. The maximum Gasteiger partial charge on any atom is 0.267 e. The summed E-state index contributed by atoms with van der Waals surface area (Å²) in [7, 11) is -2.05. The third-order valence-corrected chi connectivity index (χ3v) is 5.19. The number of aryl methyl sites for hydroxylation is 2. The zero-order valence-electron chi connectivity index (χ0n) is 12.0. The van der Waals surface area contributed by atoms with E-state index in [0.717, 1.165) is 12.0 Å². The molecule has 0 radical (unpaired) electrons. The van der Waals surface area contributed by atoms with E-state index in [2.05, 4.69) is 5.10 Å². The first kappa shape index (κ1) is 15.9. The Bertz CT molecular complexity index is 695. The van der Waals surface area contributed by atoms with E-state index >= 15 is 0 Å². The Morgan fingerprint density at radius 3 is 2.57 bits per heavy atom. The van der Waals surface area contributed by atoms with Crippen LogP contribution >= 0.6 is 11.6 Å². The molecular weight excluding hydrogens is 310 g/mol. The summed E-state index contributed by atoms with van der Waals surface area (Å²) < 4.78 is 28.0. The normalized spacial score (nSPS) is 11.6. The molecule has 2 rings (SSSR count). The number of sulfonamides is 1. The first-order valence-electron chi connectivity index (χ1n) is 6.59. The van der Waals surface area contributed by atoms with Gasteiger partial charge in [-0.3, -0.25) is 8.99 Å². The van der Waals surface area contributed by atoms with Crippen LogP contribution < -0.4 is 4.31 Å². The van der Waals surface area contributed by atoms with Gasteiger partial charge in [-0.25, -0.2) is 8.42 Å². The number of anilines is 1. The molecule has 7 heteroatoms. The summed E-state index contributed by atoms with van der Waals surface area (Å²) in [5, 5.41) is 4.06. The smallest absolute Gasteiger partial charge is 0.267 e. The molecule has 1 aromatic heterocycles. The van der Waals surface area contributed by atoms with E-state index in [1.54, 1.807) is 16.8 Å². The quantitative estimate of drug-likeness (QED) is 0.766. The molecule has 1 aromatic carbocycles. The van der Waals surface area contributed by atoms with Crippen molar-refractivity contribution in [3.05, 3.63) is 42.2 Å². The third-order valence-electron chi connectivity index (χ3n) is 3.19. The number of hydrogen-bond acceptors (Lipinski definition) is 3. The van der Waals surface area contributed by atoms with E-state index < -0.39 is 10.0 Å². The van der Waals surface area contributed by atoms with E-state index in [-0.39, 0.29) is 4.90 Å². The largest absolute Gasteiger partial charge is 0.271 e. The summed E-state index contributed by atoms with van der Waals surface area (Å²) in [6, 6.07) is 7.33. The molecule has 0 saturated carbocycles. The maximum atomic E-state index is 12.6. The molecule has 0 unspecified atom stereocenters. The van der Waals surface area contributed by atoms with Crippen molar-refractivity contribution in [3.8, 4) is 0 Å². The molecule has 0 amide bonds. The molecule has 0 N–H and O–H groups in total. The molecule has 0 spiro atoms. The number of rotatable bonds is 6. The highest BCUT2D eigenvalue weighted by molar-refractivity contribution is 7.92. The van der Waals surface area contributed by atoms with Gasteiger partial charge >= 0.3 is 0 Å². The molecule has 21 heavy (non-hydrogen) atoms.